The van der Waals surface area contributed by atoms with E-state index in [1.165, 1.54) is 11.1 Å². The largest absolute Gasteiger partial charge is 0.335 e. The summed E-state index contributed by atoms with van der Waals surface area (Å²) in [6, 6.07) is 8.65. The second-order valence-corrected chi connectivity index (χ2v) is 4.20. The van der Waals surface area contributed by atoms with E-state index in [-0.39, 0.29) is 11.9 Å². The summed E-state index contributed by atoms with van der Waals surface area (Å²) in [5.41, 5.74) is 2.69. The van der Waals surface area contributed by atoms with Crippen LogP contribution in [0.15, 0.2) is 36.4 Å². The van der Waals surface area contributed by atoms with Gasteiger partial charge in [-0.25, -0.2) is 0 Å². The van der Waals surface area contributed by atoms with Crippen LogP contribution in [0.2, 0.25) is 0 Å². The number of likely N-dealkylation sites (N-methyl/N-ethyl adjacent to an activating group) is 1. The van der Waals surface area contributed by atoms with Crippen molar-refractivity contribution in [3.8, 4) is 0 Å². The van der Waals surface area contributed by atoms with Crippen molar-refractivity contribution in [3.05, 3.63) is 47.5 Å². The lowest BCUT2D eigenvalue weighted by molar-refractivity contribution is -0.126. The maximum absolute atomic E-state index is 11.8. The minimum absolute atomic E-state index is 0.0872. The van der Waals surface area contributed by atoms with Gasteiger partial charge in [-0.2, -0.15) is 0 Å². The molecule has 0 saturated carbocycles. The number of rotatable bonds is 2. The van der Waals surface area contributed by atoms with Gasteiger partial charge in [0.05, 0.1) is 6.04 Å². The number of fused-ring (bicyclic) bond motifs is 1. The fourth-order valence-electron chi connectivity index (χ4n) is 2.35. The molecular weight excluding hydrogens is 198 g/mol. The summed E-state index contributed by atoms with van der Waals surface area (Å²) in [6.45, 7) is 1.87. The van der Waals surface area contributed by atoms with Crippen molar-refractivity contribution in [3.63, 3.8) is 0 Å². The van der Waals surface area contributed by atoms with Crippen molar-refractivity contribution in [2.24, 2.45) is 0 Å². The van der Waals surface area contributed by atoms with Crippen LogP contribution in [0.3, 0.4) is 0 Å². The minimum Gasteiger partial charge on any atom is -0.335 e. The minimum atomic E-state index is 0.0872. The summed E-state index contributed by atoms with van der Waals surface area (Å²) in [7, 11) is 1.88. The Kier molecular flexibility index (Phi) is 3.09. The monoisotopic (exact) mass is 215 g/mol. The van der Waals surface area contributed by atoms with Gasteiger partial charge in [-0.3, -0.25) is 4.79 Å². The number of nitrogens with zero attached hydrogens (tertiary/aromatic N) is 1. The Morgan fingerprint density at radius 2 is 2.19 bits per heavy atom. The topological polar surface area (TPSA) is 20.3 Å². The van der Waals surface area contributed by atoms with E-state index in [1.807, 2.05) is 24.9 Å². The molecule has 0 fully saturated rings. The van der Waals surface area contributed by atoms with Gasteiger partial charge in [0.15, 0.2) is 0 Å². The zero-order chi connectivity index (χ0) is 11.5. The maximum Gasteiger partial charge on any atom is 0.246 e. The third-order valence-corrected chi connectivity index (χ3v) is 3.23. The van der Waals surface area contributed by atoms with Crippen LogP contribution in [0, 0.1) is 0 Å². The van der Waals surface area contributed by atoms with E-state index in [4.69, 9.17) is 0 Å². The first kappa shape index (κ1) is 10.9. The fourth-order valence-corrected chi connectivity index (χ4v) is 2.35. The van der Waals surface area contributed by atoms with Crippen LogP contribution in [-0.4, -0.2) is 17.9 Å². The van der Waals surface area contributed by atoms with Gasteiger partial charge in [0.2, 0.25) is 5.91 Å². The van der Waals surface area contributed by atoms with Crippen molar-refractivity contribution in [1.29, 1.82) is 0 Å². The van der Waals surface area contributed by atoms with Crippen LogP contribution in [0.25, 0.3) is 0 Å². The molecule has 1 aliphatic rings. The highest BCUT2D eigenvalue weighted by Gasteiger charge is 2.27. The normalized spacial score (nSPS) is 18.8. The lowest BCUT2D eigenvalue weighted by atomic mass is 10.1. The van der Waals surface area contributed by atoms with Crippen LogP contribution in [0.1, 0.15) is 30.5 Å². The molecule has 84 valence electrons. The molecule has 0 spiro atoms. The zero-order valence-corrected chi connectivity index (χ0v) is 9.81. The van der Waals surface area contributed by atoms with Gasteiger partial charge in [-0.1, -0.05) is 30.3 Å². The second kappa shape index (κ2) is 4.52. The zero-order valence-electron chi connectivity index (χ0n) is 9.81. The number of allylic oxidation sites excluding steroid dienone is 1. The molecule has 0 aliphatic heterocycles. The van der Waals surface area contributed by atoms with Crippen LogP contribution in [-0.2, 0) is 11.2 Å². The molecule has 2 nitrogen and oxygen atoms in total. The SMILES string of the molecule is C/C=C/C(=O)N(C)[C@H]1CCc2ccccc21. The first-order valence-corrected chi connectivity index (χ1v) is 5.71. The molecule has 0 bridgehead atoms. The molecule has 16 heavy (non-hydrogen) atoms. The number of aryl methyl sites for hydroxylation is 1. The summed E-state index contributed by atoms with van der Waals surface area (Å²) in [5, 5.41) is 0. The van der Waals surface area contributed by atoms with E-state index < -0.39 is 0 Å². The van der Waals surface area contributed by atoms with Crippen LogP contribution >= 0.6 is 0 Å². The van der Waals surface area contributed by atoms with Gasteiger partial charge in [-0.15, -0.1) is 0 Å². The Labute approximate surface area is 96.6 Å². The molecule has 1 amide bonds. The van der Waals surface area contributed by atoms with Crippen molar-refractivity contribution in [2.75, 3.05) is 7.05 Å². The average Bonchev–Trinajstić information content (AvgIpc) is 2.72. The maximum atomic E-state index is 11.8. The third kappa shape index (κ3) is 1.87. The van der Waals surface area contributed by atoms with Gasteiger partial charge in [0.1, 0.15) is 0 Å². The Morgan fingerprint density at radius 1 is 1.44 bits per heavy atom. The quantitative estimate of drug-likeness (QED) is 0.695. The summed E-state index contributed by atoms with van der Waals surface area (Å²) < 4.78 is 0. The van der Waals surface area contributed by atoms with Gasteiger partial charge in [-0.05, 0) is 37.0 Å². The van der Waals surface area contributed by atoms with Gasteiger partial charge in [0.25, 0.3) is 0 Å². The van der Waals surface area contributed by atoms with E-state index in [0.717, 1.165) is 12.8 Å². The standard InChI is InChI=1S/C14H17NO/c1-3-6-14(16)15(2)13-10-9-11-7-4-5-8-12(11)13/h3-8,13H,9-10H2,1-2H3/b6-3+/t13-/m0/s1. The predicted octanol–water partition coefficient (Wildman–Crippen LogP) is 2.71. The summed E-state index contributed by atoms with van der Waals surface area (Å²) >= 11 is 0. The molecule has 0 saturated heterocycles. The van der Waals surface area contributed by atoms with Crippen molar-refractivity contribution < 1.29 is 4.79 Å². The summed E-state index contributed by atoms with van der Waals surface area (Å²) in [5.74, 6) is 0.0872. The van der Waals surface area contributed by atoms with Crippen LogP contribution in [0.4, 0.5) is 0 Å². The molecule has 2 heteroatoms. The smallest absolute Gasteiger partial charge is 0.246 e. The lowest BCUT2D eigenvalue weighted by Crippen LogP contribution is -2.28. The molecule has 0 heterocycles. The highest BCUT2D eigenvalue weighted by Crippen LogP contribution is 2.34. The summed E-state index contributed by atoms with van der Waals surface area (Å²) in [6.07, 6.45) is 5.54. The van der Waals surface area contributed by atoms with E-state index in [0.29, 0.717) is 0 Å². The molecule has 2 rings (SSSR count). The highest BCUT2D eigenvalue weighted by atomic mass is 16.2. The fraction of sp³-hybridized carbons (Fsp3) is 0.357. The molecule has 1 atom stereocenters. The number of carbonyl (C=O) groups is 1. The number of amides is 1. The molecule has 0 unspecified atom stereocenters. The average molecular weight is 215 g/mol. The molecule has 0 aromatic heterocycles. The molecular formula is C14H17NO. The molecule has 1 aromatic carbocycles. The van der Waals surface area contributed by atoms with Gasteiger partial charge >= 0.3 is 0 Å². The van der Waals surface area contributed by atoms with Gasteiger partial charge < -0.3 is 4.90 Å². The van der Waals surface area contributed by atoms with Crippen LogP contribution < -0.4 is 0 Å². The van der Waals surface area contributed by atoms with Gasteiger partial charge in [0, 0.05) is 7.05 Å². The van der Waals surface area contributed by atoms with Crippen molar-refractivity contribution >= 4 is 5.91 Å². The number of hydrogen-bond donors (Lipinski definition) is 0. The van der Waals surface area contributed by atoms with Crippen molar-refractivity contribution in [2.45, 2.75) is 25.8 Å². The van der Waals surface area contributed by atoms with Crippen LogP contribution in [0.5, 0.6) is 0 Å². The molecule has 0 radical (unpaired) electrons. The lowest BCUT2D eigenvalue weighted by Gasteiger charge is -2.24. The Morgan fingerprint density at radius 3 is 2.94 bits per heavy atom. The number of benzene rings is 1. The summed E-state index contributed by atoms with van der Waals surface area (Å²) in [4.78, 5) is 13.6. The third-order valence-electron chi connectivity index (χ3n) is 3.23. The Hall–Kier alpha value is -1.57. The van der Waals surface area contributed by atoms with E-state index in [2.05, 4.69) is 18.2 Å². The first-order chi connectivity index (χ1) is 7.74. The molecule has 1 aliphatic carbocycles. The second-order valence-electron chi connectivity index (χ2n) is 4.20. The van der Waals surface area contributed by atoms with E-state index in [9.17, 15) is 4.79 Å². The number of hydrogen-bond acceptors (Lipinski definition) is 1. The predicted molar refractivity (Wildman–Crippen MR) is 65.1 cm³/mol. The Balaban J connectivity index is 2.22. The van der Waals surface area contributed by atoms with Crippen molar-refractivity contribution in [1.82, 2.24) is 4.90 Å². The molecule has 1 aromatic rings. The molecule has 0 N–H and O–H groups in total. The first-order valence-electron chi connectivity index (χ1n) is 5.71. The Bertz CT molecular complexity index is 422. The van der Waals surface area contributed by atoms with E-state index in [1.54, 1.807) is 12.2 Å². The van der Waals surface area contributed by atoms with E-state index >= 15 is 0 Å². The number of carbonyl (C=O) groups excluding carboxylic acids is 1. The highest BCUT2D eigenvalue weighted by molar-refractivity contribution is 5.87.